The minimum Gasteiger partial charge on any atom is -0.487 e. The normalized spacial score (nSPS) is 24.4. The Balaban J connectivity index is 1.57. The maximum atomic E-state index is 12.7. The second kappa shape index (κ2) is 6.74. The van der Waals surface area contributed by atoms with Crippen LogP contribution in [0.2, 0.25) is 0 Å². The predicted molar refractivity (Wildman–Crippen MR) is 96.5 cm³/mol. The van der Waals surface area contributed by atoms with E-state index in [0.717, 1.165) is 0 Å². The number of nitrogens with one attached hydrogen (secondary N) is 1. The Morgan fingerprint density at radius 1 is 1.00 bits per heavy atom. The molecule has 2 aromatic rings. The lowest BCUT2D eigenvalue weighted by molar-refractivity contribution is 0.0755. The number of para-hydroxylation sites is 1. The highest BCUT2D eigenvalue weighted by Crippen LogP contribution is 2.31. The van der Waals surface area contributed by atoms with Gasteiger partial charge in [0.2, 0.25) is 10.0 Å². The van der Waals surface area contributed by atoms with Gasteiger partial charge in [0, 0.05) is 25.1 Å². The lowest BCUT2D eigenvalue weighted by Gasteiger charge is -2.22. The Morgan fingerprint density at radius 2 is 1.69 bits per heavy atom. The molecule has 1 fully saturated rings. The molecule has 0 spiro atoms. The van der Waals surface area contributed by atoms with Crippen molar-refractivity contribution in [2.75, 3.05) is 13.1 Å². The van der Waals surface area contributed by atoms with Gasteiger partial charge in [0.15, 0.2) is 0 Å². The number of rotatable bonds is 1. The molecule has 26 heavy (non-hydrogen) atoms. The number of benzene rings is 2. The largest absolute Gasteiger partial charge is 0.487 e. The van der Waals surface area contributed by atoms with E-state index in [1.165, 1.54) is 0 Å². The van der Waals surface area contributed by atoms with Crippen LogP contribution in [0, 0.1) is 0 Å². The van der Waals surface area contributed by atoms with Crippen molar-refractivity contribution in [1.82, 2.24) is 9.62 Å². The van der Waals surface area contributed by atoms with Crippen LogP contribution >= 0.6 is 0 Å². The fourth-order valence-electron chi connectivity index (χ4n) is 3.51. The molecule has 1 amide bonds. The fraction of sp³-hybridized carbons (Fsp3) is 0.316. The minimum absolute atomic E-state index is 0.0367. The second-order valence-electron chi connectivity index (χ2n) is 6.57. The van der Waals surface area contributed by atoms with Gasteiger partial charge in [-0.15, -0.1) is 0 Å². The maximum absolute atomic E-state index is 12.7. The topological polar surface area (TPSA) is 75.7 Å². The van der Waals surface area contributed by atoms with Crippen LogP contribution in [0.3, 0.4) is 0 Å². The molecular formula is C19H20N2O4S. The Morgan fingerprint density at radius 3 is 2.50 bits per heavy atom. The Labute approximate surface area is 152 Å². The molecule has 0 aliphatic carbocycles. The molecule has 0 aromatic heterocycles. The number of fused-ring (bicyclic) bond motifs is 2. The number of sulfonamides is 1. The SMILES string of the molecule is O=C(c1ccccc1)N1CC[C@@H]2NS(=O)(=O)c3ccccc3O[C@H]2CC1. The minimum atomic E-state index is -3.63. The van der Waals surface area contributed by atoms with Crippen molar-refractivity contribution in [3.63, 3.8) is 0 Å². The summed E-state index contributed by atoms with van der Waals surface area (Å²) in [5.41, 5.74) is 0.640. The molecule has 2 heterocycles. The third-order valence-electron chi connectivity index (χ3n) is 4.87. The fourth-order valence-corrected chi connectivity index (χ4v) is 4.95. The lowest BCUT2D eigenvalue weighted by Crippen LogP contribution is -2.43. The van der Waals surface area contributed by atoms with E-state index in [2.05, 4.69) is 4.72 Å². The highest BCUT2D eigenvalue weighted by molar-refractivity contribution is 7.89. The molecule has 7 heteroatoms. The standard InChI is InChI=1S/C19H20N2O4S/c22-19(14-6-2-1-3-7-14)21-12-10-15-16(11-13-21)25-17-8-4-5-9-18(17)26(23,24)20-15/h1-9,15-16,20H,10-13H2/t15-,16-/m0/s1. The van der Waals surface area contributed by atoms with E-state index in [1.807, 2.05) is 18.2 Å². The van der Waals surface area contributed by atoms with Gasteiger partial charge >= 0.3 is 0 Å². The second-order valence-corrected chi connectivity index (χ2v) is 8.25. The van der Waals surface area contributed by atoms with E-state index in [4.69, 9.17) is 4.74 Å². The summed E-state index contributed by atoms with van der Waals surface area (Å²) < 4.78 is 34.0. The zero-order valence-electron chi connectivity index (χ0n) is 14.2. The van der Waals surface area contributed by atoms with Crippen molar-refractivity contribution in [2.24, 2.45) is 0 Å². The molecule has 6 nitrogen and oxygen atoms in total. The molecule has 1 saturated heterocycles. The van der Waals surface area contributed by atoms with Crippen LogP contribution in [0.25, 0.3) is 0 Å². The van der Waals surface area contributed by atoms with Gasteiger partial charge in [-0.3, -0.25) is 4.79 Å². The van der Waals surface area contributed by atoms with E-state index >= 15 is 0 Å². The van der Waals surface area contributed by atoms with Crippen LogP contribution in [0.4, 0.5) is 0 Å². The van der Waals surface area contributed by atoms with E-state index in [9.17, 15) is 13.2 Å². The summed E-state index contributed by atoms with van der Waals surface area (Å²) in [5.74, 6) is 0.334. The average Bonchev–Trinajstić information content (AvgIpc) is 2.90. The highest BCUT2D eigenvalue weighted by Gasteiger charge is 2.37. The zero-order valence-corrected chi connectivity index (χ0v) is 15.0. The van der Waals surface area contributed by atoms with E-state index in [0.29, 0.717) is 37.2 Å². The highest BCUT2D eigenvalue weighted by atomic mass is 32.2. The first-order chi connectivity index (χ1) is 12.5. The monoisotopic (exact) mass is 372 g/mol. The lowest BCUT2D eigenvalue weighted by atomic mass is 10.1. The van der Waals surface area contributed by atoms with Gasteiger partial charge < -0.3 is 9.64 Å². The Bertz CT molecular complexity index is 914. The van der Waals surface area contributed by atoms with E-state index in [-0.39, 0.29) is 22.9 Å². The number of ether oxygens (including phenoxy) is 1. The van der Waals surface area contributed by atoms with Crippen molar-refractivity contribution in [3.8, 4) is 5.75 Å². The summed E-state index contributed by atoms with van der Waals surface area (Å²) in [6.07, 6.45) is 0.776. The Kier molecular flexibility index (Phi) is 4.42. The predicted octanol–water partition coefficient (Wildman–Crippen LogP) is 2.03. The third-order valence-corrected chi connectivity index (χ3v) is 6.40. The van der Waals surface area contributed by atoms with Crippen LogP contribution in [0.1, 0.15) is 23.2 Å². The zero-order chi connectivity index (χ0) is 18.1. The van der Waals surface area contributed by atoms with Gasteiger partial charge in [0.05, 0.1) is 6.04 Å². The molecule has 1 N–H and O–H groups in total. The Hall–Kier alpha value is -2.38. The number of hydrogen-bond acceptors (Lipinski definition) is 4. The van der Waals surface area contributed by atoms with Gasteiger partial charge in [0.25, 0.3) is 5.91 Å². The van der Waals surface area contributed by atoms with Crippen LogP contribution in [0.15, 0.2) is 59.5 Å². The summed E-state index contributed by atoms with van der Waals surface area (Å²) in [6, 6.07) is 15.4. The van der Waals surface area contributed by atoms with Crippen molar-refractivity contribution < 1.29 is 17.9 Å². The summed E-state index contributed by atoms with van der Waals surface area (Å²) in [5, 5.41) is 0. The average molecular weight is 372 g/mol. The van der Waals surface area contributed by atoms with Crippen molar-refractivity contribution in [2.45, 2.75) is 29.9 Å². The third kappa shape index (κ3) is 3.20. The summed E-state index contributed by atoms with van der Waals surface area (Å²) >= 11 is 0. The maximum Gasteiger partial charge on any atom is 0.253 e. The number of carbonyl (C=O) groups excluding carboxylic acids is 1. The van der Waals surface area contributed by atoms with Gasteiger partial charge in [-0.1, -0.05) is 30.3 Å². The van der Waals surface area contributed by atoms with Gasteiger partial charge in [-0.2, -0.15) is 0 Å². The summed E-state index contributed by atoms with van der Waals surface area (Å²) in [4.78, 5) is 14.6. The molecule has 2 aromatic carbocycles. The molecule has 0 unspecified atom stereocenters. The molecule has 2 aliphatic rings. The molecule has 0 bridgehead atoms. The number of hydrogen-bond donors (Lipinski definition) is 1. The number of amides is 1. The molecular weight excluding hydrogens is 352 g/mol. The summed E-state index contributed by atoms with van der Waals surface area (Å²) in [6.45, 7) is 1.01. The molecule has 4 rings (SSSR count). The molecule has 0 saturated carbocycles. The van der Waals surface area contributed by atoms with Crippen molar-refractivity contribution in [1.29, 1.82) is 0 Å². The van der Waals surface area contributed by atoms with E-state index < -0.39 is 10.0 Å². The van der Waals surface area contributed by atoms with Crippen LogP contribution in [-0.2, 0) is 10.0 Å². The van der Waals surface area contributed by atoms with Gasteiger partial charge in [-0.05, 0) is 30.7 Å². The molecule has 0 radical (unpaired) electrons. The first kappa shape index (κ1) is 17.1. The van der Waals surface area contributed by atoms with Crippen LogP contribution in [-0.4, -0.2) is 44.5 Å². The first-order valence-corrected chi connectivity index (χ1v) is 10.2. The molecule has 2 atom stereocenters. The van der Waals surface area contributed by atoms with Crippen molar-refractivity contribution >= 4 is 15.9 Å². The van der Waals surface area contributed by atoms with Crippen molar-refractivity contribution in [3.05, 3.63) is 60.2 Å². The smallest absolute Gasteiger partial charge is 0.253 e. The first-order valence-electron chi connectivity index (χ1n) is 8.67. The van der Waals surface area contributed by atoms with Gasteiger partial charge in [0.1, 0.15) is 16.7 Å². The number of nitrogens with zero attached hydrogens (tertiary/aromatic N) is 1. The summed E-state index contributed by atoms with van der Waals surface area (Å²) in [7, 11) is -3.63. The van der Waals surface area contributed by atoms with Gasteiger partial charge in [-0.25, -0.2) is 13.1 Å². The van der Waals surface area contributed by atoms with Crippen LogP contribution in [0.5, 0.6) is 5.75 Å². The number of carbonyl (C=O) groups is 1. The molecule has 136 valence electrons. The quantitative estimate of drug-likeness (QED) is 0.831. The number of likely N-dealkylation sites (tertiary alicyclic amines) is 1. The van der Waals surface area contributed by atoms with Crippen LogP contribution < -0.4 is 9.46 Å². The molecule has 2 aliphatic heterocycles. The van der Waals surface area contributed by atoms with E-state index in [1.54, 1.807) is 41.3 Å².